The highest BCUT2D eigenvalue weighted by Crippen LogP contribution is 2.43. The van der Waals surface area contributed by atoms with Gasteiger partial charge in [-0.3, -0.25) is 0 Å². The number of nitrogens with zero attached hydrogens (tertiary/aromatic N) is 1. The van der Waals surface area contributed by atoms with Crippen molar-refractivity contribution in [3.63, 3.8) is 0 Å². The molecular formula is C41H57N2O7+. The molecule has 4 fully saturated rings. The lowest BCUT2D eigenvalue weighted by molar-refractivity contribution is -0.946. The molecule has 1 unspecified atom stereocenters. The first-order chi connectivity index (χ1) is 24.2. The van der Waals surface area contributed by atoms with Crippen LogP contribution in [-0.2, 0) is 16.9 Å². The maximum absolute atomic E-state index is 12.1. The Hall–Kier alpha value is -3.18. The van der Waals surface area contributed by atoms with E-state index in [0.717, 1.165) is 53.7 Å². The monoisotopic (exact) mass is 689 g/mol. The molecule has 272 valence electrons. The van der Waals surface area contributed by atoms with Gasteiger partial charge in [0, 0.05) is 43.3 Å². The molecule has 3 aromatic rings. The molecule has 3 saturated heterocycles. The highest BCUT2D eigenvalue weighted by molar-refractivity contribution is 5.44. The Morgan fingerprint density at radius 3 is 2.40 bits per heavy atom. The van der Waals surface area contributed by atoms with Crippen LogP contribution in [-0.4, -0.2) is 84.1 Å². The van der Waals surface area contributed by atoms with Crippen molar-refractivity contribution in [3.05, 3.63) is 89.0 Å². The topological polar surface area (TPSA) is 121 Å². The van der Waals surface area contributed by atoms with Crippen molar-refractivity contribution in [1.29, 1.82) is 0 Å². The minimum atomic E-state index is -0.925. The summed E-state index contributed by atoms with van der Waals surface area (Å²) in [7, 11) is 1.65. The quantitative estimate of drug-likeness (QED) is 0.0899. The van der Waals surface area contributed by atoms with Crippen molar-refractivity contribution < 1.29 is 39.1 Å². The summed E-state index contributed by atoms with van der Waals surface area (Å²) >= 11 is 0. The standard InChI is InChI=1S/C41H56N2O7/c1-29(42-25-37(46)32-13-15-36(45)33(23-32)27-44)31-14-16-38(39(24-31)48-2)49-22-8-19-43-20-17-30(18-21-43)40(26-43)50-28-41(47,35-11-6-7-12-35)34-9-4-3-5-10-34/h3-5,9-10,13-16,23-24,29-30,35,37,40,42,44,46-47H,6-8,11-12,17-22,25-28H2,1-2H3/p+1/t29-,30?,37-,40-,41?,43?/m0/s1. The van der Waals surface area contributed by atoms with E-state index >= 15 is 0 Å². The Labute approximate surface area is 297 Å². The van der Waals surface area contributed by atoms with Gasteiger partial charge in [-0.05, 0) is 66.6 Å². The van der Waals surface area contributed by atoms with Crippen molar-refractivity contribution in [2.45, 2.75) is 82.3 Å². The maximum atomic E-state index is 12.1. The van der Waals surface area contributed by atoms with Gasteiger partial charge in [0.05, 0.1) is 52.7 Å². The number of aliphatic hydroxyl groups excluding tert-OH is 2. The number of quaternary nitrogens is 1. The van der Waals surface area contributed by atoms with Crippen LogP contribution in [0, 0.1) is 11.8 Å². The van der Waals surface area contributed by atoms with Crippen LogP contribution in [0.3, 0.4) is 0 Å². The third-order valence-corrected chi connectivity index (χ3v) is 11.9. The van der Waals surface area contributed by atoms with Crippen molar-refractivity contribution in [2.75, 3.05) is 53.0 Å². The molecule has 1 saturated carbocycles. The van der Waals surface area contributed by atoms with Gasteiger partial charge in [0.15, 0.2) is 11.5 Å². The lowest BCUT2D eigenvalue weighted by Crippen LogP contribution is -2.65. The Bertz CT molecular complexity index is 1520. The van der Waals surface area contributed by atoms with Gasteiger partial charge in [-0.2, -0.15) is 0 Å². The van der Waals surface area contributed by atoms with Crippen molar-refractivity contribution in [3.8, 4) is 17.2 Å². The normalized spacial score (nSPS) is 24.5. The van der Waals surface area contributed by atoms with E-state index in [1.807, 2.05) is 43.3 Å². The summed E-state index contributed by atoms with van der Waals surface area (Å²) in [6, 6.07) is 20.9. The number of benzene rings is 3. The summed E-state index contributed by atoms with van der Waals surface area (Å²) in [6.45, 7) is 7.44. The summed E-state index contributed by atoms with van der Waals surface area (Å²) in [5.41, 5.74) is 2.09. The fraction of sp³-hybridized carbons (Fsp3) is 0.561. The van der Waals surface area contributed by atoms with Crippen molar-refractivity contribution in [1.82, 2.24) is 5.32 Å². The number of fused-ring (bicyclic) bond motifs is 3. The lowest BCUT2D eigenvalue weighted by atomic mass is 9.80. The third-order valence-electron chi connectivity index (χ3n) is 11.9. The summed E-state index contributed by atoms with van der Waals surface area (Å²) in [5, 5.41) is 45.4. The zero-order chi connectivity index (χ0) is 35.1. The lowest BCUT2D eigenvalue weighted by Gasteiger charge is -2.53. The molecule has 4 aliphatic rings. The number of aliphatic hydroxyl groups is 3. The molecule has 0 aromatic heterocycles. The second-order valence-corrected chi connectivity index (χ2v) is 15.0. The van der Waals surface area contributed by atoms with Crippen LogP contribution in [0.5, 0.6) is 17.2 Å². The minimum absolute atomic E-state index is 0.0148. The first kappa shape index (κ1) is 36.6. The molecule has 1 aliphatic carbocycles. The molecule has 0 spiro atoms. The number of hydrogen-bond acceptors (Lipinski definition) is 8. The molecule has 3 heterocycles. The zero-order valence-electron chi connectivity index (χ0n) is 29.8. The zero-order valence-corrected chi connectivity index (χ0v) is 29.8. The van der Waals surface area contributed by atoms with Crippen LogP contribution in [0.1, 0.15) is 86.3 Å². The van der Waals surface area contributed by atoms with Crippen molar-refractivity contribution >= 4 is 0 Å². The molecule has 0 radical (unpaired) electrons. The average Bonchev–Trinajstić information content (AvgIpc) is 3.72. The number of piperidine rings is 3. The van der Waals surface area contributed by atoms with Crippen LogP contribution in [0.4, 0.5) is 0 Å². The van der Waals surface area contributed by atoms with Crippen LogP contribution < -0.4 is 14.8 Å². The van der Waals surface area contributed by atoms with Crippen LogP contribution in [0.2, 0.25) is 0 Å². The largest absolute Gasteiger partial charge is 0.508 e. The predicted octanol–water partition coefficient (Wildman–Crippen LogP) is 5.75. The average molecular weight is 690 g/mol. The van der Waals surface area contributed by atoms with E-state index in [1.54, 1.807) is 19.2 Å². The Kier molecular flexibility index (Phi) is 12.0. The highest BCUT2D eigenvalue weighted by atomic mass is 16.5. The minimum Gasteiger partial charge on any atom is -0.508 e. The van der Waals surface area contributed by atoms with E-state index in [-0.39, 0.29) is 30.4 Å². The summed E-state index contributed by atoms with van der Waals surface area (Å²) in [5.74, 6) is 2.23. The number of hydrogen-bond donors (Lipinski definition) is 5. The summed E-state index contributed by atoms with van der Waals surface area (Å²) < 4.78 is 19.8. The van der Waals surface area contributed by atoms with Gasteiger partial charge >= 0.3 is 0 Å². The molecule has 2 bridgehead atoms. The van der Waals surface area contributed by atoms with Gasteiger partial charge in [0.25, 0.3) is 0 Å². The first-order valence-corrected chi connectivity index (χ1v) is 18.6. The van der Waals surface area contributed by atoms with Gasteiger partial charge in [-0.15, -0.1) is 0 Å². The highest BCUT2D eigenvalue weighted by Gasteiger charge is 2.48. The number of methoxy groups -OCH3 is 1. The number of phenols is 1. The predicted molar refractivity (Wildman–Crippen MR) is 193 cm³/mol. The van der Waals surface area contributed by atoms with Crippen LogP contribution in [0.15, 0.2) is 66.7 Å². The van der Waals surface area contributed by atoms with Gasteiger partial charge < -0.3 is 44.4 Å². The van der Waals surface area contributed by atoms with Gasteiger partial charge in [-0.25, -0.2) is 0 Å². The van der Waals surface area contributed by atoms with Crippen molar-refractivity contribution in [2.24, 2.45) is 11.8 Å². The summed E-state index contributed by atoms with van der Waals surface area (Å²) in [6.07, 6.45) is 7.16. The smallest absolute Gasteiger partial charge is 0.161 e. The molecule has 5 N–H and O–H groups in total. The number of ether oxygens (including phenoxy) is 3. The number of nitrogens with one attached hydrogen (secondary N) is 1. The molecule has 9 nitrogen and oxygen atoms in total. The number of rotatable bonds is 17. The molecule has 4 atom stereocenters. The van der Waals surface area contributed by atoms with Gasteiger partial charge in [0.1, 0.15) is 24.0 Å². The molecule has 9 heteroatoms. The van der Waals surface area contributed by atoms with E-state index in [0.29, 0.717) is 42.6 Å². The van der Waals surface area contributed by atoms with Crippen LogP contribution >= 0.6 is 0 Å². The van der Waals surface area contributed by atoms with E-state index in [1.165, 1.54) is 44.8 Å². The third kappa shape index (κ3) is 8.30. The Morgan fingerprint density at radius 1 is 0.940 bits per heavy atom. The molecule has 3 aromatic carbocycles. The van der Waals surface area contributed by atoms with Crippen LogP contribution in [0.25, 0.3) is 0 Å². The second-order valence-electron chi connectivity index (χ2n) is 15.0. The fourth-order valence-corrected chi connectivity index (χ4v) is 8.64. The number of aromatic hydroxyl groups is 1. The van der Waals surface area contributed by atoms with E-state index < -0.39 is 11.7 Å². The molecule has 0 amide bonds. The summed E-state index contributed by atoms with van der Waals surface area (Å²) in [4.78, 5) is 0. The fourth-order valence-electron chi connectivity index (χ4n) is 8.64. The maximum Gasteiger partial charge on any atom is 0.161 e. The van der Waals surface area contributed by atoms with Gasteiger partial charge in [0.2, 0.25) is 0 Å². The first-order valence-electron chi connectivity index (χ1n) is 18.6. The molecular weight excluding hydrogens is 632 g/mol. The van der Waals surface area contributed by atoms with E-state index in [9.17, 15) is 20.4 Å². The molecule has 50 heavy (non-hydrogen) atoms. The Morgan fingerprint density at radius 2 is 1.68 bits per heavy atom. The van der Waals surface area contributed by atoms with E-state index in [4.69, 9.17) is 14.2 Å². The van der Waals surface area contributed by atoms with Gasteiger partial charge in [-0.1, -0.05) is 55.3 Å². The molecule has 3 aliphatic heterocycles. The second kappa shape index (κ2) is 16.4. The molecule has 7 rings (SSSR count). The van der Waals surface area contributed by atoms with E-state index in [2.05, 4.69) is 17.4 Å². The SMILES string of the molecule is COc1cc([C@H](C)NC[C@H](O)c2ccc(O)c(CO)c2)ccc1OCCC[N+]12CCC(CC1)[C@@H](OCC(O)(c1ccccc1)C1CCCC1)C2. The Balaban J connectivity index is 0.990.